The molecule has 1 N–H and O–H groups in total. The number of amides is 1. The first-order valence-electron chi connectivity index (χ1n) is 8.40. The van der Waals surface area contributed by atoms with E-state index in [-0.39, 0.29) is 25.4 Å². The molecule has 0 atom stereocenters. The maximum Gasteiger partial charge on any atom is 0.310 e. The van der Waals surface area contributed by atoms with Crippen LogP contribution in [0, 0.1) is 5.82 Å². The Labute approximate surface area is 157 Å². The van der Waals surface area contributed by atoms with E-state index < -0.39 is 11.9 Å². The predicted octanol–water partition coefficient (Wildman–Crippen LogP) is 2.29. The zero-order valence-electron chi connectivity index (χ0n) is 15.3. The summed E-state index contributed by atoms with van der Waals surface area (Å²) in [7, 11) is 3.03. The lowest BCUT2D eigenvalue weighted by molar-refractivity contribution is -0.147. The van der Waals surface area contributed by atoms with E-state index in [0.29, 0.717) is 29.0 Å². The van der Waals surface area contributed by atoms with Crippen LogP contribution in [-0.4, -0.2) is 39.2 Å². The van der Waals surface area contributed by atoms with Gasteiger partial charge in [0.1, 0.15) is 5.82 Å². The average molecular weight is 375 g/mol. The van der Waals surface area contributed by atoms with Crippen LogP contribution in [0.25, 0.3) is 0 Å². The zero-order valence-corrected chi connectivity index (χ0v) is 15.3. The van der Waals surface area contributed by atoms with Gasteiger partial charge in [-0.2, -0.15) is 0 Å². The molecule has 0 unspecified atom stereocenters. The summed E-state index contributed by atoms with van der Waals surface area (Å²) in [4.78, 5) is 23.6. The van der Waals surface area contributed by atoms with Crippen molar-refractivity contribution >= 4 is 11.9 Å². The normalized spacial score (nSPS) is 10.2. The van der Waals surface area contributed by atoms with Gasteiger partial charge in [-0.3, -0.25) is 9.59 Å². The Balaban J connectivity index is 1.73. The van der Waals surface area contributed by atoms with Crippen LogP contribution in [0.15, 0.2) is 42.5 Å². The van der Waals surface area contributed by atoms with Crippen LogP contribution < -0.4 is 14.8 Å². The summed E-state index contributed by atoms with van der Waals surface area (Å²) >= 11 is 0. The molecule has 0 heterocycles. The number of benzene rings is 2. The van der Waals surface area contributed by atoms with Gasteiger partial charge in [0.25, 0.3) is 5.91 Å². The van der Waals surface area contributed by atoms with E-state index >= 15 is 0 Å². The second kappa shape index (κ2) is 10.2. The third-order valence-electron chi connectivity index (χ3n) is 3.84. The molecule has 0 fully saturated rings. The maximum absolute atomic E-state index is 13.5. The largest absolute Gasteiger partial charge is 0.493 e. The van der Waals surface area contributed by atoms with Crippen LogP contribution in [0.1, 0.15) is 11.1 Å². The van der Waals surface area contributed by atoms with E-state index in [1.54, 1.807) is 36.4 Å². The number of esters is 1. The summed E-state index contributed by atoms with van der Waals surface area (Å²) in [6.07, 6.45) is 0.362. The van der Waals surface area contributed by atoms with E-state index in [1.807, 2.05) is 0 Å². The van der Waals surface area contributed by atoms with Gasteiger partial charge in [0.15, 0.2) is 18.1 Å². The van der Waals surface area contributed by atoms with Crippen molar-refractivity contribution in [2.45, 2.75) is 12.8 Å². The third-order valence-corrected chi connectivity index (χ3v) is 3.84. The summed E-state index contributed by atoms with van der Waals surface area (Å²) < 4.78 is 28.8. The molecule has 27 heavy (non-hydrogen) atoms. The minimum Gasteiger partial charge on any atom is -0.493 e. The Morgan fingerprint density at radius 2 is 1.78 bits per heavy atom. The summed E-state index contributed by atoms with van der Waals surface area (Å²) in [6.45, 7) is -0.129. The van der Waals surface area contributed by atoms with Gasteiger partial charge in [-0.05, 0) is 35.7 Å². The molecule has 6 nitrogen and oxygen atoms in total. The topological polar surface area (TPSA) is 73.9 Å². The Morgan fingerprint density at radius 3 is 2.48 bits per heavy atom. The number of hydrogen-bond acceptors (Lipinski definition) is 5. The van der Waals surface area contributed by atoms with Crippen molar-refractivity contribution in [1.82, 2.24) is 5.32 Å². The van der Waals surface area contributed by atoms with Crippen molar-refractivity contribution in [1.29, 1.82) is 0 Å². The van der Waals surface area contributed by atoms with Gasteiger partial charge in [-0.1, -0.05) is 24.3 Å². The van der Waals surface area contributed by atoms with E-state index in [1.165, 1.54) is 20.3 Å². The van der Waals surface area contributed by atoms with Gasteiger partial charge >= 0.3 is 5.97 Å². The van der Waals surface area contributed by atoms with E-state index in [4.69, 9.17) is 14.2 Å². The number of methoxy groups -OCH3 is 2. The molecule has 0 aliphatic rings. The molecule has 0 aliphatic carbocycles. The highest BCUT2D eigenvalue weighted by Gasteiger charge is 2.11. The van der Waals surface area contributed by atoms with Crippen molar-refractivity contribution in [3.05, 3.63) is 59.4 Å². The van der Waals surface area contributed by atoms with Crippen molar-refractivity contribution < 1.29 is 28.2 Å². The van der Waals surface area contributed by atoms with E-state index in [9.17, 15) is 14.0 Å². The molecule has 0 aliphatic heterocycles. The zero-order chi connectivity index (χ0) is 19.6. The Kier molecular flexibility index (Phi) is 7.61. The van der Waals surface area contributed by atoms with Gasteiger partial charge in [-0.15, -0.1) is 0 Å². The van der Waals surface area contributed by atoms with E-state index in [0.717, 1.165) is 0 Å². The molecular formula is C20H22FNO5. The number of nitrogens with one attached hydrogen (secondary N) is 1. The summed E-state index contributed by atoms with van der Waals surface area (Å²) in [5, 5.41) is 2.59. The molecular weight excluding hydrogens is 353 g/mol. The van der Waals surface area contributed by atoms with Crippen molar-refractivity contribution in [2.24, 2.45) is 0 Å². The second-order valence-corrected chi connectivity index (χ2v) is 5.72. The van der Waals surface area contributed by atoms with Crippen LogP contribution >= 0.6 is 0 Å². The molecule has 0 aromatic heterocycles. The molecule has 7 heteroatoms. The lowest BCUT2D eigenvalue weighted by atomic mass is 10.1. The first-order chi connectivity index (χ1) is 13.0. The fourth-order valence-electron chi connectivity index (χ4n) is 2.44. The monoisotopic (exact) mass is 375 g/mol. The average Bonchev–Trinajstić information content (AvgIpc) is 2.67. The number of hydrogen-bond donors (Lipinski definition) is 1. The van der Waals surface area contributed by atoms with E-state index in [2.05, 4.69) is 5.32 Å². The number of carbonyl (C=O) groups is 2. The molecule has 2 aromatic carbocycles. The van der Waals surface area contributed by atoms with Gasteiger partial charge < -0.3 is 19.5 Å². The van der Waals surface area contributed by atoms with Crippen LogP contribution in [0.5, 0.6) is 11.5 Å². The second-order valence-electron chi connectivity index (χ2n) is 5.72. The summed E-state index contributed by atoms with van der Waals surface area (Å²) in [5.74, 6) is -0.218. The molecule has 2 rings (SSSR count). The van der Waals surface area contributed by atoms with Crippen LogP contribution in [-0.2, 0) is 27.2 Å². The van der Waals surface area contributed by atoms with Gasteiger partial charge in [-0.25, -0.2) is 4.39 Å². The summed E-state index contributed by atoms with van der Waals surface area (Å²) in [5.41, 5.74) is 1.20. The maximum atomic E-state index is 13.5. The first-order valence-corrected chi connectivity index (χ1v) is 8.40. The van der Waals surface area contributed by atoms with Crippen LogP contribution in [0.2, 0.25) is 0 Å². The molecule has 2 aromatic rings. The predicted molar refractivity (Wildman–Crippen MR) is 97.3 cm³/mol. The number of ether oxygens (including phenoxy) is 3. The van der Waals surface area contributed by atoms with Crippen LogP contribution in [0.4, 0.5) is 4.39 Å². The number of halogens is 1. The van der Waals surface area contributed by atoms with Crippen LogP contribution in [0.3, 0.4) is 0 Å². The third kappa shape index (κ3) is 6.29. The minimum atomic E-state index is -0.536. The molecule has 0 saturated heterocycles. The smallest absolute Gasteiger partial charge is 0.310 e. The van der Waals surface area contributed by atoms with Gasteiger partial charge in [0, 0.05) is 6.54 Å². The Morgan fingerprint density at radius 1 is 1.04 bits per heavy atom. The van der Waals surface area contributed by atoms with Crippen molar-refractivity contribution in [3.63, 3.8) is 0 Å². The molecule has 0 radical (unpaired) electrons. The fourth-order valence-corrected chi connectivity index (χ4v) is 2.44. The lowest BCUT2D eigenvalue weighted by Crippen LogP contribution is -2.30. The van der Waals surface area contributed by atoms with Crippen molar-refractivity contribution in [3.8, 4) is 11.5 Å². The molecule has 144 valence electrons. The first kappa shape index (κ1) is 20.2. The summed E-state index contributed by atoms with van der Waals surface area (Å²) in [6, 6.07) is 11.5. The SMILES string of the molecule is COc1ccc(CC(=O)OCC(=O)NCCc2ccccc2F)cc1OC. The van der Waals surface area contributed by atoms with Crippen molar-refractivity contribution in [2.75, 3.05) is 27.4 Å². The quantitative estimate of drug-likeness (QED) is 0.681. The number of rotatable bonds is 9. The highest BCUT2D eigenvalue weighted by atomic mass is 19.1. The fraction of sp³-hybridized carbons (Fsp3) is 0.300. The molecule has 0 bridgehead atoms. The molecule has 0 saturated carbocycles. The highest BCUT2D eigenvalue weighted by Crippen LogP contribution is 2.27. The molecule has 1 amide bonds. The molecule has 0 spiro atoms. The Bertz CT molecular complexity index is 794. The minimum absolute atomic E-state index is 0.00284. The van der Waals surface area contributed by atoms with Gasteiger partial charge in [0.05, 0.1) is 20.6 Å². The lowest BCUT2D eigenvalue weighted by Gasteiger charge is -2.10. The highest BCUT2D eigenvalue weighted by molar-refractivity contribution is 5.81. The van der Waals surface area contributed by atoms with Gasteiger partial charge in [0.2, 0.25) is 0 Å². The standard InChI is InChI=1S/C20H22FNO5/c1-25-17-8-7-14(11-18(17)26-2)12-20(24)27-13-19(23)22-10-9-15-5-3-4-6-16(15)21/h3-8,11H,9-10,12-13H2,1-2H3,(H,22,23). The Hall–Kier alpha value is -3.09. The number of carbonyl (C=O) groups excluding carboxylic acids is 2.